The van der Waals surface area contributed by atoms with Crippen LogP contribution < -0.4 is 5.73 Å². The minimum Gasteiger partial charge on any atom is -0.327 e. The molecule has 100 valence electrons. The monoisotopic (exact) mass is 259 g/mol. The Bertz CT molecular complexity index is 549. The summed E-state index contributed by atoms with van der Waals surface area (Å²) in [6.07, 6.45) is 3.30. The van der Waals surface area contributed by atoms with Gasteiger partial charge in [-0.05, 0) is 43.2 Å². The highest BCUT2D eigenvalue weighted by molar-refractivity contribution is 5.56. The number of rotatable bonds is 4. The predicted octanol–water partition coefficient (Wildman–Crippen LogP) is 2.87. The first kappa shape index (κ1) is 13.6. The van der Waals surface area contributed by atoms with Gasteiger partial charge in [-0.2, -0.15) is 0 Å². The maximum absolute atomic E-state index is 13.4. The Kier molecular flexibility index (Phi) is 4.22. The van der Waals surface area contributed by atoms with Crippen molar-refractivity contribution in [2.24, 2.45) is 5.73 Å². The van der Waals surface area contributed by atoms with Crippen LogP contribution in [0.15, 0.2) is 30.5 Å². The highest BCUT2D eigenvalue weighted by Gasteiger charge is 2.07. The third-order valence-corrected chi connectivity index (χ3v) is 3.01. The fourth-order valence-corrected chi connectivity index (χ4v) is 1.93. The van der Waals surface area contributed by atoms with Crippen LogP contribution in [0.3, 0.4) is 0 Å². The van der Waals surface area contributed by atoms with E-state index in [0.717, 1.165) is 17.7 Å². The van der Waals surface area contributed by atoms with Gasteiger partial charge in [0.05, 0.1) is 0 Å². The van der Waals surface area contributed by atoms with E-state index in [9.17, 15) is 4.39 Å². The summed E-state index contributed by atoms with van der Waals surface area (Å²) in [4.78, 5) is 8.66. The highest BCUT2D eigenvalue weighted by atomic mass is 19.1. The van der Waals surface area contributed by atoms with Crippen LogP contribution in [0.4, 0.5) is 4.39 Å². The Hall–Kier alpha value is -1.81. The lowest BCUT2D eigenvalue weighted by molar-refractivity contribution is 0.626. The molecule has 1 heterocycles. The van der Waals surface area contributed by atoms with E-state index in [2.05, 4.69) is 9.97 Å². The van der Waals surface area contributed by atoms with Crippen molar-refractivity contribution >= 4 is 0 Å². The van der Waals surface area contributed by atoms with Gasteiger partial charge in [0.2, 0.25) is 0 Å². The average Bonchev–Trinajstić information content (AvgIpc) is 2.38. The summed E-state index contributed by atoms with van der Waals surface area (Å²) in [5.74, 6) is 0.276. The molecule has 1 unspecified atom stereocenters. The normalized spacial score (nSPS) is 12.4. The molecule has 1 aromatic carbocycles. The molecule has 0 spiro atoms. The van der Waals surface area contributed by atoms with Gasteiger partial charge in [-0.3, -0.25) is 0 Å². The van der Waals surface area contributed by atoms with E-state index in [0.29, 0.717) is 17.8 Å². The maximum atomic E-state index is 13.4. The Labute approximate surface area is 112 Å². The van der Waals surface area contributed by atoms with Gasteiger partial charge in [-0.1, -0.05) is 6.92 Å². The molecular weight excluding hydrogens is 241 g/mol. The number of hydrogen-bond donors (Lipinski definition) is 1. The van der Waals surface area contributed by atoms with E-state index in [4.69, 9.17) is 5.73 Å². The van der Waals surface area contributed by atoms with E-state index in [-0.39, 0.29) is 11.9 Å². The van der Waals surface area contributed by atoms with E-state index in [1.165, 1.54) is 12.1 Å². The summed E-state index contributed by atoms with van der Waals surface area (Å²) in [6.45, 7) is 3.89. The Morgan fingerprint density at radius 1 is 1.32 bits per heavy atom. The summed E-state index contributed by atoms with van der Waals surface area (Å²) >= 11 is 0. The van der Waals surface area contributed by atoms with Crippen molar-refractivity contribution in [3.05, 3.63) is 47.5 Å². The molecule has 0 amide bonds. The first-order valence-electron chi connectivity index (χ1n) is 6.43. The van der Waals surface area contributed by atoms with Gasteiger partial charge in [0.1, 0.15) is 5.82 Å². The average molecular weight is 259 g/mol. The summed E-state index contributed by atoms with van der Waals surface area (Å²) in [7, 11) is 0. The molecule has 3 nitrogen and oxygen atoms in total. The lowest BCUT2D eigenvalue weighted by Gasteiger charge is -2.09. The van der Waals surface area contributed by atoms with Gasteiger partial charge >= 0.3 is 0 Å². The van der Waals surface area contributed by atoms with Crippen LogP contribution >= 0.6 is 0 Å². The second-order valence-corrected chi connectivity index (χ2v) is 4.76. The number of nitrogens with two attached hydrogens (primary N) is 1. The first-order valence-corrected chi connectivity index (χ1v) is 6.43. The number of hydrogen-bond acceptors (Lipinski definition) is 3. The second kappa shape index (κ2) is 5.89. The van der Waals surface area contributed by atoms with E-state index in [1.54, 1.807) is 6.20 Å². The van der Waals surface area contributed by atoms with Crippen molar-refractivity contribution in [2.45, 2.75) is 32.7 Å². The standard InChI is InChI=1S/C15H18FN3/c1-3-13(17)9-14-4-5-18-15(19-14)11-6-10(2)7-12(16)8-11/h4-8,13H,3,9,17H2,1-2H3. The van der Waals surface area contributed by atoms with Crippen molar-refractivity contribution < 1.29 is 4.39 Å². The largest absolute Gasteiger partial charge is 0.327 e. The zero-order chi connectivity index (χ0) is 13.8. The summed E-state index contributed by atoms with van der Waals surface area (Å²) in [6, 6.07) is 6.76. The number of halogens is 1. The lowest BCUT2D eigenvalue weighted by Crippen LogP contribution is -2.22. The lowest BCUT2D eigenvalue weighted by atomic mass is 10.1. The van der Waals surface area contributed by atoms with Crippen LogP contribution in [0.2, 0.25) is 0 Å². The molecule has 0 bridgehead atoms. The van der Waals surface area contributed by atoms with Crippen molar-refractivity contribution in [2.75, 3.05) is 0 Å². The fourth-order valence-electron chi connectivity index (χ4n) is 1.93. The molecule has 0 aliphatic heterocycles. The molecule has 2 rings (SSSR count). The first-order chi connectivity index (χ1) is 9.08. The zero-order valence-electron chi connectivity index (χ0n) is 11.2. The molecule has 4 heteroatoms. The molecule has 0 saturated heterocycles. The summed E-state index contributed by atoms with van der Waals surface area (Å²) in [5.41, 5.74) is 8.37. The SMILES string of the molecule is CCC(N)Cc1ccnc(-c2cc(C)cc(F)c2)n1. The third-order valence-electron chi connectivity index (χ3n) is 3.01. The van der Waals surface area contributed by atoms with Gasteiger partial charge in [0.25, 0.3) is 0 Å². The van der Waals surface area contributed by atoms with Crippen LogP contribution in [-0.2, 0) is 6.42 Å². The molecule has 1 atom stereocenters. The van der Waals surface area contributed by atoms with Crippen LogP contribution in [0.25, 0.3) is 11.4 Å². The van der Waals surface area contributed by atoms with Crippen LogP contribution in [0.1, 0.15) is 24.6 Å². The highest BCUT2D eigenvalue weighted by Crippen LogP contribution is 2.18. The zero-order valence-corrected chi connectivity index (χ0v) is 11.2. The minimum absolute atomic E-state index is 0.0944. The van der Waals surface area contributed by atoms with Crippen molar-refractivity contribution in [1.82, 2.24) is 9.97 Å². The van der Waals surface area contributed by atoms with E-state index in [1.807, 2.05) is 26.0 Å². The molecule has 0 aliphatic rings. The van der Waals surface area contributed by atoms with Gasteiger partial charge < -0.3 is 5.73 Å². The predicted molar refractivity (Wildman–Crippen MR) is 74.1 cm³/mol. The molecule has 19 heavy (non-hydrogen) atoms. The third kappa shape index (κ3) is 3.58. The molecule has 0 aliphatic carbocycles. The summed E-state index contributed by atoms with van der Waals surface area (Å²) < 4.78 is 13.4. The van der Waals surface area contributed by atoms with Crippen LogP contribution in [0, 0.1) is 12.7 Å². The van der Waals surface area contributed by atoms with Crippen LogP contribution in [0.5, 0.6) is 0 Å². The van der Waals surface area contributed by atoms with Crippen molar-refractivity contribution in [3.8, 4) is 11.4 Å². The Balaban J connectivity index is 2.32. The van der Waals surface area contributed by atoms with Gasteiger partial charge in [0, 0.05) is 29.9 Å². The quantitative estimate of drug-likeness (QED) is 0.918. The molecule has 2 N–H and O–H groups in total. The molecule has 0 saturated carbocycles. The molecule has 2 aromatic rings. The number of aromatic nitrogens is 2. The van der Waals surface area contributed by atoms with Crippen molar-refractivity contribution in [1.29, 1.82) is 0 Å². The molecular formula is C15H18FN3. The number of benzene rings is 1. The fraction of sp³-hybridized carbons (Fsp3) is 0.333. The Morgan fingerprint density at radius 3 is 2.79 bits per heavy atom. The number of nitrogens with zero attached hydrogens (tertiary/aromatic N) is 2. The van der Waals surface area contributed by atoms with Gasteiger partial charge in [-0.15, -0.1) is 0 Å². The number of aryl methyl sites for hydroxylation is 1. The van der Waals surface area contributed by atoms with Gasteiger partial charge in [-0.25, -0.2) is 14.4 Å². The van der Waals surface area contributed by atoms with Crippen LogP contribution in [-0.4, -0.2) is 16.0 Å². The van der Waals surface area contributed by atoms with E-state index >= 15 is 0 Å². The topological polar surface area (TPSA) is 51.8 Å². The second-order valence-electron chi connectivity index (χ2n) is 4.76. The van der Waals surface area contributed by atoms with Gasteiger partial charge in [0.15, 0.2) is 5.82 Å². The molecule has 0 fully saturated rings. The molecule has 1 aromatic heterocycles. The Morgan fingerprint density at radius 2 is 2.11 bits per heavy atom. The maximum Gasteiger partial charge on any atom is 0.159 e. The van der Waals surface area contributed by atoms with Crippen molar-refractivity contribution in [3.63, 3.8) is 0 Å². The minimum atomic E-state index is -0.269. The molecule has 0 radical (unpaired) electrons. The summed E-state index contributed by atoms with van der Waals surface area (Å²) in [5, 5.41) is 0. The smallest absolute Gasteiger partial charge is 0.159 e. The van der Waals surface area contributed by atoms with E-state index < -0.39 is 0 Å².